The lowest BCUT2D eigenvalue weighted by atomic mass is 9.77. The summed E-state index contributed by atoms with van der Waals surface area (Å²) in [5, 5.41) is 0. The average molecular weight is 372 g/mol. The van der Waals surface area contributed by atoms with E-state index in [1.165, 1.54) is 0 Å². The number of benzene rings is 1. The van der Waals surface area contributed by atoms with E-state index in [9.17, 15) is 9.59 Å². The summed E-state index contributed by atoms with van der Waals surface area (Å²) < 4.78 is 10.6. The molecule has 6 heteroatoms. The summed E-state index contributed by atoms with van der Waals surface area (Å²) in [4.78, 5) is 29.2. The highest BCUT2D eigenvalue weighted by Crippen LogP contribution is 2.42. The zero-order chi connectivity index (χ0) is 18.9. The quantitative estimate of drug-likeness (QED) is 0.812. The first kappa shape index (κ1) is 18.3. The van der Waals surface area contributed by atoms with Crippen molar-refractivity contribution in [3.05, 3.63) is 29.8 Å². The minimum absolute atomic E-state index is 0.0267. The fourth-order valence-corrected chi connectivity index (χ4v) is 4.64. The van der Waals surface area contributed by atoms with Gasteiger partial charge in [-0.05, 0) is 37.0 Å². The molecule has 3 aliphatic heterocycles. The van der Waals surface area contributed by atoms with E-state index in [0.29, 0.717) is 26.2 Å². The van der Waals surface area contributed by atoms with Gasteiger partial charge >= 0.3 is 0 Å². The van der Waals surface area contributed by atoms with Gasteiger partial charge in [-0.2, -0.15) is 0 Å². The van der Waals surface area contributed by atoms with Gasteiger partial charge in [-0.25, -0.2) is 0 Å². The van der Waals surface area contributed by atoms with Crippen LogP contribution in [0.15, 0.2) is 24.3 Å². The molecular formula is C21H28N2O4. The third kappa shape index (κ3) is 3.81. The van der Waals surface area contributed by atoms with Crippen LogP contribution >= 0.6 is 0 Å². The lowest BCUT2D eigenvalue weighted by molar-refractivity contribution is -0.137. The fraction of sp³-hybridized carbons (Fsp3) is 0.619. The number of hydrogen-bond donors (Lipinski definition) is 0. The predicted molar refractivity (Wildman–Crippen MR) is 100 cm³/mol. The Morgan fingerprint density at radius 1 is 1.33 bits per heavy atom. The molecule has 3 heterocycles. The molecule has 146 valence electrons. The molecular weight excluding hydrogens is 344 g/mol. The molecule has 2 amide bonds. The van der Waals surface area contributed by atoms with Gasteiger partial charge in [-0.15, -0.1) is 0 Å². The van der Waals surface area contributed by atoms with E-state index >= 15 is 0 Å². The minimum atomic E-state index is 0.0267. The Bertz CT molecular complexity index is 706. The molecule has 0 bridgehead atoms. The molecule has 0 N–H and O–H groups in total. The van der Waals surface area contributed by atoms with E-state index in [0.717, 1.165) is 50.2 Å². The molecule has 1 unspecified atom stereocenters. The first-order chi connectivity index (χ1) is 13.1. The third-order valence-electron chi connectivity index (χ3n) is 6.33. The van der Waals surface area contributed by atoms with Crippen molar-refractivity contribution in [3.8, 4) is 5.75 Å². The number of amides is 2. The number of carbonyl (C=O) groups is 2. The van der Waals surface area contributed by atoms with Gasteiger partial charge in [0, 0.05) is 44.6 Å². The van der Waals surface area contributed by atoms with Crippen LogP contribution in [0, 0.1) is 11.3 Å². The molecule has 27 heavy (non-hydrogen) atoms. The number of ether oxygens (including phenoxy) is 2. The van der Waals surface area contributed by atoms with Gasteiger partial charge in [-0.3, -0.25) is 9.59 Å². The summed E-state index contributed by atoms with van der Waals surface area (Å²) in [7, 11) is 1.65. The zero-order valence-electron chi connectivity index (χ0n) is 16.0. The summed E-state index contributed by atoms with van der Waals surface area (Å²) in [6.45, 7) is 4.19. The normalized spacial score (nSPS) is 24.6. The van der Waals surface area contributed by atoms with Crippen molar-refractivity contribution in [1.82, 2.24) is 9.80 Å². The molecule has 6 nitrogen and oxygen atoms in total. The van der Waals surface area contributed by atoms with E-state index in [-0.39, 0.29) is 23.1 Å². The second kappa shape index (κ2) is 7.50. The Balaban J connectivity index is 1.35. The van der Waals surface area contributed by atoms with Crippen LogP contribution in [0.5, 0.6) is 5.75 Å². The average Bonchev–Trinajstić information content (AvgIpc) is 3.31. The molecule has 1 aromatic carbocycles. The van der Waals surface area contributed by atoms with Crippen molar-refractivity contribution in [1.29, 1.82) is 0 Å². The molecule has 3 fully saturated rings. The van der Waals surface area contributed by atoms with E-state index < -0.39 is 0 Å². The van der Waals surface area contributed by atoms with Crippen molar-refractivity contribution in [3.63, 3.8) is 0 Å². The Morgan fingerprint density at radius 3 is 2.85 bits per heavy atom. The summed E-state index contributed by atoms with van der Waals surface area (Å²) in [6.07, 6.45) is 3.26. The molecule has 1 aromatic rings. The molecule has 0 radical (unpaired) electrons. The van der Waals surface area contributed by atoms with Gasteiger partial charge in [0.05, 0.1) is 19.6 Å². The largest absolute Gasteiger partial charge is 0.497 e. The van der Waals surface area contributed by atoms with Crippen LogP contribution in [0.2, 0.25) is 0 Å². The highest BCUT2D eigenvalue weighted by molar-refractivity contribution is 5.81. The maximum absolute atomic E-state index is 12.6. The standard InChI is InChI=1S/C21H28N2O4/c1-26-18-4-2-3-16(11-18)13-23-15-21(12-19(23)24)6-8-22(9-7-21)20(25)17-5-10-27-14-17/h2-4,11,17H,5-10,12-15H2,1H3. The number of methoxy groups -OCH3 is 1. The van der Waals surface area contributed by atoms with E-state index in [1.807, 2.05) is 34.1 Å². The number of rotatable bonds is 4. The van der Waals surface area contributed by atoms with Crippen LogP contribution < -0.4 is 4.74 Å². The molecule has 4 rings (SSSR count). The van der Waals surface area contributed by atoms with Gasteiger partial charge in [0.15, 0.2) is 0 Å². The number of hydrogen-bond acceptors (Lipinski definition) is 4. The van der Waals surface area contributed by atoms with Gasteiger partial charge in [0.2, 0.25) is 11.8 Å². The third-order valence-corrected chi connectivity index (χ3v) is 6.33. The summed E-state index contributed by atoms with van der Waals surface area (Å²) in [6, 6.07) is 7.90. The van der Waals surface area contributed by atoms with Gasteiger partial charge in [0.1, 0.15) is 5.75 Å². The maximum Gasteiger partial charge on any atom is 0.228 e. The predicted octanol–water partition coefficient (Wildman–Crippen LogP) is 2.07. The van der Waals surface area contributed by atoms with Crippen molar-refractivity contribution < 1.29 is 19.1 Å². The smallest absolute Gasteiger partial charge is 0.228 e. The van der Waals surface area contributed by atoms with Crippen LogP contribution in [0.25, 0.3) is 0 Å². The molecule has 1 atom stereocenters. The van der Waals surface area contributed by atoms with Gasteiger partial charge in [0.25, 0.3) is 0 Å². The van der Waals surface area contributed by atoms with E-state index in [2.05, 4.69) is 0 Å². The lowest BCUT2D eigenvalue weighted by Gasteiger charge is -2.39. The van der Waals surface area contributed by atoms with Gasteiger partial charge in [-0.1, -0.05) is 12.1 Å². The summed E-state index contributed by atoms with van der Waals surface area (Å²) in [5.41, 5.74) is 1.12. The minimum Gasteiger partial charge on any atom is -0.497 e. The molecule has 3 aliphatic rings. The Hall–Kier alpha value is -2.08. The number of nitrogens with zero attached hydrogens (tertiary/aromatic N) is 2. The fourth-order valence-electron chi connectivity index (χ4n) is 4.64. The van der Waals surface area contributed by atoms with Crippen LogP contribution in [-0.2, 0) is 20.9 Å². The van der Waals surface area contributed by atoms with Crippen LogP contribution in [0.4, 0.5) is 0 Å². The Labute approximate surface area is 160 Å². The first-order valence-electron chi connectivity index (χ1n) is 9.86. The monoisotopic (exact) mass is 372 g/mol. The first-order valence-corrected chi connectivity index (χ1v) is 9.86. The Morgan fingerprint density at radius 2 is 2.15 bits per heavy atom. The van der Waals surface area contributed by atoms with Crippen molar-refractivity contribution in [2.24, 2.45) is 11.3 Å². The topological polar surface area (TPSA) is 59.1 Å². The molecule has 0 aromatic heterocycles. The second-order valence-electron chi connectivity index (χ2n) is 8.16. The van der Waals surface area contributed by atoms with Crippen LogP contribution in [0.3, 0.4) is 0 Å². The molecule has 0 saturated carbocycles. The summed E-state index contributed by atoms with van der Waals surface area (Å²) in [5.74, 6) is 1.31. The zero-order valence-corrected chi connectivity index (χ0v) is 16.0. The second-order valence-corrected chi connectivity index (χ2v) is 8.16. The van der Waals surface area contributed by atoms with E-state index in [4.69, 9.17) is 9.47 Å². The van der Waals surface area contributed by atoms with E-state index in [1.54, 1.807) is 7.11 Å². The Kier molecular flexibility index (Phi) is 5.08. The highest BCUT2D eigenvalue weighted by Gasteiger charge is 2.45. The SMILES string of the molecule is COc1cccc(CN2CC3(CCN(C(=O)C4CCOC4)CC3)CC2=O)c1. The maximum atomic E-state index is 12.6. The van der Waals surface area contributed by atoms with Crippen LogP contribution in [0.1, 0.15) is 31.2 Å². The van der Waals surface area contributed by atoms with Crippen molar-refractivity contribution in [2.75, 3.05) is 40.0 Å². The molecule has 1 spiro atoms. The molecule has 0 aliphatic carbocycles. The van der Waals surface area contributed by atoms with Crippen molar-refractivity contribution in [2.45, 2.75) is 32.2 Å². The lowest BCUT2D eigenvalue weighted by Crippen LogP contribution is -2.46. The van der Waals surface area contributed by atoms with Crippen molar-refractivity contribution >= 4 is 11.8 Å². The van der Waals surface area contributed by atoms with Gasteiger partial charge < -0.3 is 19.3 Å². The number of carbonyl (C=O) groups excluding carboxylic acids is 2. The number of likely N-dealkylation sites (tertiary alicyclic amines) is 2. The molecule has 3 saturated heterocycles. The number of piperidine rings is 1. The summed E-state index contributed by atoms with van der Waals surface area (Å²) >= 11 is 0. The van der Waals surface area contributed by atoms with Crippen LogP contribution in [-0.4, -0.2) is 61.6 Å². The highest BCUT2D eigenvalue weighted by atomic mass is 16.5.